The van der Waals surface area contributed by atoms with Gasteiger partial charge in [0.1, 0.15) is 12.5 Å². The maximum absolute atomic E-state index is 14.1. The molecule has 0 aromatic heterocycles. The Labute approximate surface area is 301 Å². The van der Waals surface area contributed by atoms with Gasteiger partial charge in [0.15, 0.2) is 5.78 Å². The number of nitrogens with zero attached hydrogens (tertiary/aromatic N) is 4. The second-order valence-electron chi connectivity index (χ2n) is 14.2. The molecular formula is C39H53N5O7. The van der Waals surface area contributed by atoms with Crippen LogP contribution in [0.2, 0.25) is 0 Å². The van der Waals surface area contributed by atoms with E-state index in [0.717, 1.165) is 99.1 Å². The molecule has 0 aliphatic carbocycles. The van der Waals surface area contributed by atoms with Gasteiger partial charge in [-0.2, -0.15) is 0 Å². The van der Waals surface area contributed by atoms with Crippen molar-refractivity contribution in [3.05, 3.63) is 80.9 Å². The maximum Gasteiger partial charge on any atom is 0.187 e. The van der Waals surface area contributed by atoms with Crippen LogP contribution in [0.3, 0.4) is 0 Å². The monoisotopic (exact) mass is 703 g/mol. The quantitative estimate of drug-likeness (QED) is 0.310. The molecule has 5 aliphatic heterocycles. The van der Waals surface area contributed by atoms with Gasteiger partial charge in [0, 0.05) is 89.7 Å². The number of morpholine rings is 4. The predicted octanol–water partition coefficient (Wildman–Crippen LogP) is 1.29. The van der Waals surface area contributed by atoms with Crippen molar-refractivity contribution < 1.29 is 34.0 Å². The zero-order valence-electron chi connectivity index (χ0n) is 29.6. The highest BCUT2D eigenvalue weighted by Gasteiger charge is 2.25. The van der Waals surface area contributed by atoms with E-state index in [2.05, 4.69) is 63.7 Å². The largest absolute Gasteiger partial charge is 0.379 e. The van der Waals surface area contributed by atoms with E-state index in [1.54, 1.807) is 0 Å². The molecule has 276 valence electrons. The number of aliphatic hydroxyl groups excluding tert-OH is 2. The second-order valence-corrected chi connectivity index (χ2v) is 14.2. The third-order valence-electron chi connectivity index (χ3n) is 10.5. The first-order valence-corrected chi connectivity index (χ1v) is 18.5. The minimum atomic E-state index is -0.609. The van der Waals surface area contributed by atoms with Gasteiger partial charge in [0.2, 0.25) is 0 Å². The fraction of sp³-hybridized carbons (Fsp3) is 0.564. The van der Waals surface area contributed by atoms with Crippen molar-refractivity contribution in [2.75, 3.05) is 105 Å². The van der Waals surface area contributed by atoms with Gasteiger partial charge in [-0.05, 0) is 45.5 Å². The smallest absolute Gasteiger partial charge is 0.187 e. The van der Waals surface area contributed by atoms with Gasteiger partial charge >= 0.3 is 0 Å². The molecular weight excluding hydrogens is 650 g/mol. The number of carbonyl (C=O) groups is 1. The van der Waals surface area contributed by atoms with Crippen LogP contribution < -0.4 is 5.32 Å². The molecule has 5 fully saturated rings. The third kappa shape index (κ3) is 9.78. The van der Waals surface area contributed by atoms with Crippen LogP contribution in [0.4, 0.5) is 0 Å². The zero-order valence-corrected chi connectivity index (χ0v) is 29.6. The molecule has 0 saturated carbocycles. The summed E-state index contributed by atoms with van der Waals surface area (Å²) in [5.74, 6) is 0.0735. The Bertz CT molecular complexity index is 1440. The summed E-state index contributed by atoms with van der Waals surface area (Å²) in [4.78, 5) is 23.0. The van der Waals surface area contributed by atoms with Crippen LogP contribution >= 0.6 is 0 Å². The third-order valence-corrected chi connectivity index (χ3v) is 10.5. The molecule has 5 saturated heterocycles. The minimum Gasteiger partial charge on any atom is -0.379 e. The molecule has 51 heavy (non-hydrogen) atoms. The van der Waals surface area contributed by atoms with Crippen molar-refractivity contribution in [1.82, 2.24) is 24.9 Å². The molecule has 5 aliphatic rings. The first kappa shape index (κ1) is 36.5. The fourth-order valence-corrected chi connectivity index (χ4v) is 7.47. The SMILES string of the molecule is O=C1/C(=C/c2ccc(CN3CCOCC3O)cc2CN2CCOCC2)CNC/C1=C\c1ccc(CN2CCOCC2O)cc1CN1CCOCC1. The Hall–Kier alpha value is -2.85. The fourth-order valence-electron chi connectivity index (χ4n) is 7.47. The summed E-state index contributed by atoms with van der Waals surface area (Å²) in [5, 5.41) is 24.4. The molecule has 0 amide bonds. The molecule has 0 bridgehead atoms. The van der Waals surface area contributed by atoms with Gasteiger partial charge in [-0.25, -0.2) is 0 Å². The summed E-state index contributed by atoms with van der Waals surface area (Å²) in [6.07, 6.45) is 2.92. The van der Waals surface area contributed by atoms with E-state index < -0.39 is 12.5 Å². The lowest BCUT2D eigenvalue weighted by molar-refractivity contribution is -0.112. The molecule has 2 aromatic carbocycles. The molecule has 12 heteroatoms. The first-order chi connectivity index (χ1) is 25.0. The van der Waals surface area contributed by atoms with Gasteiger partial charge in [-0.15, -0.1) is 0 Å². The lowest BCUT2D eigenvalue weighted by Gasteiger charge is -2.32. The van der Waals surface area contributed by atoms with E-state index >= 15 is 0 Å². The summed E-state index contributed by atoms with van der Waals surface area (Å²) in [5.41, 5.74) is 8.19. The lowest BCUT2D eigenvalue weighted by Crippen LogP contribution is -2.44. The Morgan fingerprint density at radius 1 is 0.608 bits per heavy atom. The van der Waals surface area contributed by atoms with Gasteiger partial charge in [-0.3, -0.25) is 24.4 Å². The summed E-state index contributed by atoms with van der Waals surface area (Å²) < 4.78 is 22.1. The van der Waals surface area contributed by atoms with Crippen molar-refractivity contribution in [2.24, 2.45) is 0 Å². The van der Waals surface area contributed by atoms with Crippen LogP contribution in [0.25, 0.3) is 12.2 Å². The molecule has 0 radical (unpaired) electrons. The Morgan fingerprint density at radius 3 is 1.47 bits per heavy atom. The van der Waals surface area contributed by atoms with E-state index in [9.17, 15) is 15.0 Å². The number of ether oxygens (including phenoxy) is 4. The molecule has 7 rings (SSSR count). The highest BCUT2D eigenvalue weighted by molar-refractivity contribution is 6.14. The topological polar surface area (TPSA) is 119 Å². The number of Topliss-reactive ketones (excluding diaryl/α,β-unsaturated/α-hetero) is 1. The van der Waals surface area contributed by atoms with Crippen molar-refractivity contribution in [3.8, 4) is 0 Å². The second kappa shape index (κ2) is 17.8. The number of ketones is 1. The van der Waals surface area contributed by atoms with E-state index in [0.29, 0.717) is 65.7 Å². The van der Waals surface area contributed by atoms with E-state index in [1.165, 1.54) is 11.1 Å². The van der Waals surface area contributed by atoms with Crippen LogP contribution in [0.5, 0.6) is 0 Å². The molecule has 2 aromatic rings. The normalized spacial score (nSPS) is 26.7. The Kier molecular flexibility index (Phi) is 12.7. The molecule has 2 unspecified atom stereocenters. The van der Waals surface area contributed by atoms with Gasteiger partial charge in [0.05, 0.1) is 52.9 Å². The average molecular weight is 704 g/mol. The van der Waals surface area contributed by atoms with Crippen molar-refractivity contribution in [1.29, 1.82) is 0 Å². The highest BCUT2D eigenvalue weighted by atomic mass is 16.5. The summed E-state index contributed by atoms with van der Waals surface area (Å²) >= 11 is 0. The summed E-state index contributed by atoms with van der Waals surface area (Å²) in [6.45, 7) is 13.5. The van der Waals surface area contributed by atoms with Crippen LogP contribution in [-0.4, -0.2) is 153 Å². The van der Waals surface area contributed by atoms with Crippen molar-refractivity contribution >= 4 is 17.9 Å². The number of rotatable bonds is 10. The number of hydrogen-bond acceptors (Lipinski definition) is 12. The average Bonchev–Trinajstić information content (AvgIpc) is 3.15. The van der Waals surface area contributed by atoms with Gasteiger partial charge < -0.3 is 34.5 Å². The van der Waals surface area contributed by atoms with Gasteiger partial charge in [0.25, 0.3) is 0 Å². The predicted molar refractivity (Wildman–Crippen MR) is 193 cm³/mol. The Morgan fingerprint density at radius 2 is 1.04 bits per heavy atom. The Balaban J connectivity index is 1.14. The van der Waals surface area contributed by atoms with Crippen LogP contribution in [0, 0.1) is 0 Å². The number of piperidine rings is 1. The number of hydrogen-bond donors (Lipinski definition) is 3. The molecule has 2 atom stereocenters. The number of carbonyl (C=O) groups excluding carboxylic acids is 1. The van der Waals surface area contributed by atoms with Gasteiger partial charge in [-0.1, -0.05) is 36.4 Å². The first-order valence-electron chi connectivity index (χ1n) is 18.5. The summed E-state index contributed by atoms with van der Waals surface area (Å²) in [7, 11) is 0. The number of aliphatic hydroxyl groups is 2. The molecule has 0 spiro atoms. The molecule has 12 nitrogen and oxygen atoms in total. The van der Waals surface area contributed by atoms with E-state index in [4.69, 9.17) is 18.9 Å². The minimum absolute atomic E-state index is 0.0735. The van der Waals surface area contributed by atoms with Crippen LogP contribution in [-0.2, 0) is 49.9 Å². The molecule has 3 N–H and O–H groups in total. The number of nitrogens with one attached hydrogen (secondary N) is 1. The van der Waals surface area contributed by atoms with Crippen molar-refractivity contribution in [2.45, 2.75) is 38.6 Å². The van der Waals surface area contributed by atoms with Crippen molar-refractivity contribution in [3.63, 3.8) is 0 Å². The number of benzene rings is 2. The van der Waals surface area contributed by atoms with Crippen LogP contribution in [0.15, 0.2) is 47.5 Å². The van der Waals surface area contributed by atoms with Crippen LogP contribution in [0.1, 0.15) is 33.4 Å². The lowest BCUT2D eigenvalue weighted by atomic mass is 9.92. The van der Waals surface area contributed by atoms with E-state index in [1.807, 2.05) is 9.80 Å². The molecule has 5 heterocycles. The standard InChI is InChI=1S/C39H53N5O7/c45-37-27-50-15-9-43(37)23-29-1-3-31(35(17-29)25-41-5-11-48-12-6-41)19-33-21-40-22-34(39(33)47)20-32-4-2-30(24-44-10-16-51-28-38(44)46)18-36(32)26-42-7-13-49-14-8-42/h1-4,17-20,37-38,40,45-46H,5-16,21-28H2/b33-19+,34-20+. The highest BCUT2D eigenvalue weighted by Crippen LogP contribution is 2.26. The maximum atomic E-state index is 14.1. The summed E-state index contributed by atoms with van der Waals surface area (Å²) in [6, 6.07) is 12.9. The van der Waals surface area contributed by atoms with E-state index in [-0.39, 0.29) is 5.78 Å². The zero-order chi connectivity index (χ0) is 35.0.